The van der Waals surface area contributed by atoms with Gasteiger partial charge in [-0.15, -0.1) is 0 Å². The van der Waals surface area contributed by atoms with Crippen LogP contribution in [0.15, 0.2) is 24.3 Å². The van der Waals surface area contributed by atoms with Gasteiger partial charge < -0.3 is 10.6 Å². The van der Waals surface area contributed by atoms with Crippen LogP contribution in [0, 0.1) is 11.7 Å². The summed E-state index contributed by atoms with van der Waals surface area (Å²) in [6, 6.07) is 7.16. The van der Waals surface area contributed by atoms with Gasteiger partial charge in [-0.25, -0.2) is 4.39 Å². The normalized spacial score (nSPS) is 25.5. The van der Waals surface area contributed by atoms with Crippen LogP contribution in [-0.2, 0) is 0 Å². The van der Waals surface area contributed by atoms with Crippen molar-refractivity contribution in [3.63, 3.8) is 0 Å². The maximum atomic E-state index is 13.2. The fraction of sp³-hybridized carbons (Fsp3) is 0.625. The Morgan fingerprint density at radius 2 is 2.21 bits per heavy atom. The van der Waals surface area contributed by atoms with Crippen LogP contribution in [0.25, 0.3) is 0 Å². The van der Waals surface area contributed by atoms with E-state index in [1.807, 2.05) is 6.07 Å². The van der Waals surface area contributed by atoms with Crippen molar-refractivity contribution in [3.8, 4) is 0 Å². The van der Waals surface area contributed by atoms with E-state index < -0.39 is 0 Å². The Bertz CT molecular complexity index is 407. The summed E-state index contributed by atoms with van der Waals surface area (Å²) in [7, 11) is 2.14. The number of rotatable bonds is 4. The molecule has 1 saturated carbocycles. The van der Waals surface area contributed by atoms with E-state index in [0.717, 1.165) is 18.0 Å². The highest BCUT2D eigenvalue weighted by atomic mass is 19.1. The quantitative estimate of drug-likeness (QED) is 0.903. The summed E-state index contributed by atoms with van der Waals surface area (Å²) in [6.45, 7) is 3.12. The fourth-order valence-electron chi connectivity index (χ4n) is 3.10. The van der Waals surface area contributed by atoms with Crippen molar-refractivity contribution in [1.29, 1.82) is 0 Å². The zero-order valence-electron chi connectivity index (χ0n) is 12.0. The predicted octanol–water partition coefficient (Wildman–Crippen LogP) is 3.34. The zero-order chi connectivity index (χ0) is 13.8. The van der Waals surface area contributed by atoms with Gasteiger partial charge in [0.15, 0.2) is 0 Å². The molecule has 2 rings (SSSR count). The molecule has 19 heavy (non-hydrogen) atoms. The molecule has 0 aromatic heterocycles. The molecule has 106 valence electrons. The highest BCUT2D eigenvalue weighted by Crippen LogP contribution is 2.27. The molecular weight excluding hydrogens is 239 g/mol. The van der Waals surface area contributed by atoms with Crippen LogP contribution in [0.4, 0.5) is 4.39 Å². The van der Waals surface area contributed by atoms with E-state index in [9.17, 15) is 4.39 Å². The first kappa shape index (κ1) is 14.5. The Balaban J connectivity index is 1.92. The number of hydrogen-bond donors (Lipinski definition) is 1. The third kappa shape index (κ3) is 4.02. The maximum Gasteiger partial charge on any atom is 0.123 e. The van der Waals surface area contributed by atoms with Gasteiger partial charge in [-0.2, -0.15) is 0 Å². The first-order valence-corrected chi connectivity index (χ1v) is 7.27. The Morgan fingerprint density at radius 3 is 2.89 bits per heavy atom. The SMILES string of the molecule is CC1CCCC(N(C)CC(N)c2cccc(F)c2)C1. The van der Waals surface area contributed by atoms with Crippen molar-refractivity contribution in [2.24, 2.45) is 11.7 Å². The second kappa shape index (κ2) is 6.49. The lowest BCUT2D eigenvalue weighted by atomic mass is 9.86. The van der Waals surface area contributed by atoms with Gasteiger partial charge in [0.25, 0.3) is 0 Å². The van der Waals surface area contributed by atoms with Gasteiger partial charge in [-0.3, -0.25) is 0 Å². The van der Waals surface area contributed by atoms with Crippen molar-refractivity contribution >= 4 is 0 Å². The molecule has 1 fully saturated rings. The van der Waals surface area contributed by atoms with Crippen molar-refractivity contribution in [2.45, 2.75) is 44.7 Å². The molecule has 1 aromatic carbocycles. The summed E-state index contributed by atoms with van der Waals surface area (Å²) in [5.74, 6) is 0.605. The minimum Gasteiger partial charge on any atom is -0.323 e. The van der Waals surface area contributed by atoms with Gasteiger partial charge in [-0.1, -0.05) is 31.9 Å². The number of benzene rings is 1. The number of nitrogens with zero attached hydrogens (tertiary/aromatic N) is 1. The third-order valence-electron chi connectivity index (χ3n) is 4.29. The molecule has 1 aromatic rings. The third-order valence-corrected chi connectivity index (χ3v) is 4.29. The molecule has 3 atom stereocenters. The largest absolute Gasteiger partial charge is 0.323 e. The maximum absolute atomic E-state index is 13.2. The van der Waals surface area contributed by atoms with Crippen LogP contribution in [0.2, 0.25) is 0 Å². The average molecular weight is 264 g/mol. The predicted molar refractivity (Wildman–Crippen MR) is 77.4 cm³/mol. The molecule has 0 saturated heterocycles. The first-order chi connectivity index (χ1) is 9.06. The molecule has 0 heterocycles. The molecule has 0 spiro atoms. The van der Waals surface area contributed by atoms with E-state index in [1.54, 1.807) is 12.1 Å². The zero-order valence-corrected chi connectivity index (χ0v) is 12.0. The molecule has 0 bridgehead atoms. The highest BCUT2D eigenvalue weighted by molar-refractivity contribution is 5.20. The molecule has 2 nitrogen and oxygen atoms in total. The number of halogens is 1. The van der Waals surface area contributed by atoms with E-state index in [1.165, 1.54) is 31.7 Å². The average Bonchev–Trinajstić information content (AvgIpc) is 2.38. The van der Waals surface area contributed by atoms with Crippen LogP contribution >= 0.6 is 0 Å². The summed E-state index contributed by atoms with van der Waals surface area (Å²) in [4.78, 5) is 2.35. The molecule has 1 aliphatic rings. The van der Waals surface area contributed by atoms with Gasteiger partial charge in [0.05, 0.1) is 0 Å². The highest BCUT2D eigenvalue weighted by Gasteiger charge is 2.23. The molecule has 0 aliphatic heterocycles. The molecule has 2 N–H and O–H groups in total. The molecular formula is C16H25FN2. The monoisotopic (exact) mass is 264 g/mol. The molecule has 0 radical (unpaired) electrons. The second-order valence-corrected chi connectivity index (χ2v) is 6.03. The standard InChI is InChI=1S/C16H25FN2/c1-12-5-3-8-15(9-12)19(2)11-16(18)13-6-4-7-14(17)10-13/h4,6-7,10,12,15-16H,3,5,8-9,11,18H2,1-2H3. The molecule has 3 heteroatoms. The van der Waals surface area contributed by atoms with Crippen molar-refractivity contribution in [1.82, 2.24) is 4.90 Å². The molecule has 0 amide bonds. The molecule has 3 unspecified atom stereocenters. The van der Waals surface area contributed by atoms with Gasteiger partial charge >= 0.3 is 0 Å². The van der Waals surface area contributed by atoms with Gasteiger partial charge in [0.1, 0.15) is 5.82 Å². The van der Waals surface area contributed by atoms with Gasteiger partial charge in [-0.05, 0) is 43.5 Å². The smallest absolute Gasteiger partial charge is 0.123 e. The minimum atomic E-state index is -0.207. The van der Waals surface area contributed by atoms with E-state index in [4.69, 9.17) is 5.73 Å². The number of likely N-dealkylation sites (N-methyl/N-ethyl adjacent to an activating group) is 1. The summed E-state index contributed by atoms with van der Waals surface area (Å²) in [5.41, 5.74) is 7.08. The Labute approximate surface area is 115 Å². The van der Waals surface area contributed by atoms with Crippen LogP contribution in [-0.4, -0.2) is 24.5 Å². The van der Waals surface area contributed by atoms with Crippen molar-refractivity contribution in [2.75, 3.05) is 13.6 Å². The summed E-state index contributed by atoms with van der Waals surface area (Å²) >= 11 is 0. The van der Waals surface area contributed by atoms with Crippen LogP contribution < -0.4 is 5.73 Å². The lowest BCUT2D eigenvalue weighted by Gasteiger charge is -2.35. The Hall–Kier alpha value is -0.930. The van der Waals surface area contributed by atoms with Gasteiger partial charge in [0, 0.05) is 18.6 Å². The number of nitrogens with two attached hydrogens (primary N) is 1. The van der Waals surface area contributed by atoms with Crippen molar-refractivity contribution < 1.29 is 4.39 Å². The fourth-order valence-corrected chi connectivity index (χ4v) is 3.10. The van der Waals surface area contributed by atoms with E-state index in [-0.39, 0.29) is 11.9 Å². The summed E-state index contributed by atoms with van der Waals surface area (Å²) < 4.78 is 13.2. The lowest BCUT2D eigenvalue weighted by molar-refractivity contribution is 0.156. The van der Waals surface area contributed by atoms with Crippen LogP contribution in [0.1, 0.15) is 44.2 Å². The van der Waals surface area contributed by atoms with Gasteiger partial charge in [0.2, 0.25) is 0 Å². The van der Waals surface area contributed by atoms with E-state index in [0.29, 0.717) is 6.04 Å². The Kier molecular flexibility index (Phi) is 4.94. The number of hydrogen-bond acceptors (Lipinski definition) is 2. The van der Waals surface area contributed by atoms with E-state index in [2.05, 4.69) is 18.9 Å². The van der Waals surface area contributed by atoms with Crippen LogP contribution in [0.5, 0.6) is 0 Å². The van der Waals surface area contributed by atoms with E-state index >= 15 is 0 Å². The second-order valence-electron chi connectivity index (χ2n) is 6.03. The first-order valence-electron chi connectivity index (χ1n) is 7.27. The summed E-state index contributed by atoms with van der Waals surface area (Å²) in [6.07, 6.45) is 5.18. The van der Waals surface area contributed by atoms with Crippen molar-refractivity contribution in [3.05, 3.63) is 35.6 Å². The van der Waals surface area contributed by atoms with Crippen LogP contribution in [0.3, 0.4) is 0 Å². The Morgan fingerprint density at radius 1 is 1.42 bits per heavy atom. The minimum absolute atomic E-state index is 0.113. The summed E-state index contributed by atoms with van der Waals surface area (Å²) in [5, 5.41) is 0. The lowest BCUT2D eigenvalue weighted by Crippen LogP contribution is -2.39. The molecule has 1 aliphatic carbocycles. The topological polar surface area (TPSA) is 29.3 Å².